The molecular weight excluding hydrogens is 368 g/mol. The molecule has 0 bridgehead atoms. The normalized spacial score (nSPS) is 19.3. The summed E-state index contributed by atoms with van der Waals surface area (Å²) < 4.78 is 0. The molecule has 1 saturated heterocycles. The first-order chi connectivity index (χ1) is 13.8. The molecule has 29 heavy (non-hydrogen) atoms. The minimum absolute atomic E-state index is 0.00552. The van der Waals surface area contributed by atoms with Gasteiger partial charge in [0.2, 0.25) is 11.8 Å². The van der Waals surface area contributed by atoms with Crippen LogP contribution in [0.4, 0.5) is 0 Å². The van der Waals surface area contributed by atoms with E-state index in [9.17, 15) is 9.59 Å². The van der Waals surface area contributed by atoms with Crippen molar-refractivity contribution in [2.75, 3.05) is 59.9 Å². The molecule has 2 aliphatic rings. The van der Waals surface area contributed by atoms with Crippen LogP contribution < -0.4 is 10.6 Å². The molecular formula is C21H40N6O2. The number of carbonyl (C=O) groups is 2. The van der Waals surface area contributed by atoms with Crippen molar-refractivity contribution >= 4 is 17.8 Å². The second kappa shape index (κ2) is 12.0. The Balaban J connectivity index is 1.89. The number of rotatable bonds is 7. The molecule has 0 spiro atoms. The van der Waals surface area contributed by atoms with Gasteiger partial charge in [0.05, 0.1) is 6.54 Å². The summed E-state index contributed by atoms with van der Waals surface area (Å²) in [5.41, 5.74) is 0. The third-order valence-corrected chi connectivity index (χ3v) is 5.63. The van der Waals surface area contributed by atoms with E-state index in [4.69, 9.17) is 0 Å². The van der Waals surface area contributed by atoms with E-state index in [2.05, 4.69) is 25.4 Å². The van der Waals surface area contributed by atoms with Crippen LogP contribution in [0.5, 0.6) is 0 Å². The zero-order valence-electron chi connectivity index (χ0n) is 18.7. The number of hydrogen-bond acceptors (Lipinski definition) is 4. The predicted octanol–water partition coefficient (Wildman–Crippen LogP) is 0.743. The van der Waals surface area contributed by atoms with Crippen molar-refractivity contribution < 1.29 is 9.59 Å². The standard InChI is InChI=1S/C21H40N6O2/c1-17(2)24-19(28)16-26-10-12-27(13-11-26)21(23-15-20(29)25(3)4)22-14-18-8-6-5-7-9-18/h17-18H,5-16H2,1-4H3,(H,22,23)(H,24,28). The van der Waals surface area contributed by atoms with E-state index in [1.165, 1.54) is 32.1 Å². The monoisotopic (exact) mass is 408 g/mol. The average Bonchev–Trinajstić information content (AvgIpc) is 2.68. The van der Waals surface area contributed by atoms with Gasteiger partial charge in [-0.1, -0.05) is 19.3 Å². The van der Waals surface area contributed by atoms with Crippen molar-refractivity contribution in [2.24, 2.45) is 10.9 Å². The van der Waals surface area contributed by atoms with E-state index < -0.39 is 0 Å². The Morgan fingerprint density at radius 3 is 2.31 bits per heavy atom. The molecule has 8 heteroatoms. The molecule has 2 rings (SSSR count). The Hall–Kier alpha value is -1.83. The third-order valence-electron chi connectivity index (χ3n) is 5.63. The third kappa shape index (κ3) is 8.60. The zero-order chi connectivity index (χ0) is 21.2. The Morgan fingerprint density at radius 1 is 1.07 bits per heavy atom. The SMILES string of the molecule is CC(C)NC(=O)CN1CCN(C(=NCC(=O)N(C)C)NCC2CCCCC2)CC1. The highest BCUT2D eigenvalue weighted by molar-refractivity contribution is 5.85. The van der Waals surface area contributed by atoms with Crippen LogP contribution >= 0.6 is 0 Å². The average molecular weight is 409 g/mol. The molecule has 1 heterocycles. The maximum absolute atomic E-state index is 12.0. The molecule has 0 aromatic rings. The number of carbonyl (C=O) groups excluding carboxylic acids is 2. The predicted molar refractivity (Wildman–Crippen MR) is 117 cm³/mol. The van der Waals surface area contributed by atoms with Crippen LogP contribution in [0.1, 0.15) is 46.0 Å². The molecule has 2 amide bonds. The number of guanidine groups is 1. The topological polar surface area (TPSA) is 80.3 Å². The highest BCUT2D eigenvalue weighted by Gasteiger charge is 2.23. The number of hydrogen-bond donors (Lipinski definition) is 2. The number of nitrogens with zero attached hydrogens (tertiary/aromatic N) is 4. The molecule has 2 N–H and O–H groups in total. The lowest BCUT2D eigenvalue weighted by atomic mass is 9.89. The van der Waals surface area contributed by atoms with Crippen molar-refractivity contribution in [1.82, 2.24) is 25.3 Å². The molecule has 2 fully saturated rings. The molecule has 1 saturated carbocycles. The van der Waals surface area contributed by atoms with Crippen LogP contribution in [0.2, 0.25) is 0 Å². The van der Waals surface area contributed by atoms with Crippen molar-refractivity contribution in [2.45, 2.75) is 52.0 Å². The molecule has 0 aromatic carbocycles. The van der Waals surface area contributed by atoms with Crippen LogP contribution in [0.15, 0.2) is 4.99 Å². The van der Waals surface area contributed by atoms with E-state index in [0.717, 1.165) is 38.7 Å². The van der Waals surface area contributed by atoms with E-state index in [0.29, 0.717) is 12.5 Å². The second-order valence-electron chi connectivity index (χ2n) is 8.80. The van der Waals surface area contributed by atoms with Gasteiger partial charge in [-0.15, -0.1) is 0 Å². The Bertz CT molecular complexity index is 549. The fraction of sp³-hybridized carbons (Fsp3) is 0.857. The smallest absolute Gasteiger partial charge is 0.243 e. The van der Waals surface area contributed by atoms with E-state index >= 15 is 0 Å². The molecule has 0 atom stereocenters. The number of nitrogens with one attached hydrogen (secondary N) is 2. The molecule has 166 valence electrons. The Labute approximate surface area is 176 Å². The summed E-state index contributed by atoms with van der Waals surface area (Å²) >= 11 is 0. The van der Waals surface area contributed by atoms with Gasteiger partial charge in [0.1, 0.15) is 6.54 Å². The molecule has 0 radical (unpaired) electrons. The first-order valence-corrected chi connectivity index (χ1v) is 11.1. The molecule has 0 aromatic heterocycles. The first-order valence-electron chi connectivity index (χ1n) is 11.1. The van der Waals surface area contributed by atoms with E-state index in [1.807, 2.05) is 13.8 Å². The van der Waals surface area contributed by atoms with Crippen molar-refractivity contribution in [3.63, 3.8) is 0 Å². The van der Waals surface area contributed by atoms with Crippen molar-refractivity contribution in [1.29, 1.82) is 0 Å². The molecule has 1 aliphatic carbocycles. The van der Waals surface area contributed by atoms with Crippen LogP contribution in [0.3, 0.4) is 0 Å². The molecule has 0 unspecified atom stereocenters. The summed E-state index contributed by atoms with van der Waals surface area (Å²) in [5, 5.41) is 6.49. The first kappa shape index (κ1) is 23.4. The van der Waals surface area contributed by atoms with Crippen LogP contribution in [0.25, 0.3) is 0 Å². The van der Waals surface area contributed by atoms with Crippen LogP contribution in [-0.4, -0.2) is 98.4 Å². The van der Waals surface area contributed by atoms with Crippen LogP contribution in [-0.2, 0) is 9.59 Å². The van der Waals surface area contributed by atoms with Crippen molar-refractivity contribution in [3.05, 3.63) is 0 Å². The highest BCUT2D eigenvalue weighted by atomic mass is 16.2. The minimum atomic E-state index is 0.00552. The molecule has 1 aliphatic heterocycles. The van der Waals surface area contributed by atoms with E-state index in [-0.39, 0.29) is 24.4 Å². The van der Waals surface area contributed by atoms with Gasteiger partial charge in [0.25, 0.3) is 0 Å². The van der Waals surface area contributed by atoms with Gasteiger partial charge in [0, 0.05) is 52.9 Å². The fourth-order valence-electron chi connectivity index (χ4n) is 3.87. The fourth-order valence-corrected chi connectivity index (χ4v) is 3.87. The van der Waals surface area contributed by atoms with Gasteiger partial charge in [0.15, 0.2) is 5.96 Å². The number of amides is 2. The Morgan fingerprint density at radius 2 is 1.72 bits per heavy atom. The van der Waals surface area contributed by atoms with Gasteiger partial charge in [-0.3, -0.25) is 14.5 Å². The Kier molecular flexibility index (Phi) is 9.70. The summed E-state index contributed by atoms with van der Waals surface area (Å²) in [4.78, 5) is 34.6. The van der Waals surface area contributed by atoms with Gasteiger partial charge in [-0.05, 0) is 32.6 Å². The summed E-state index contributed by atoms with van der Waals surface area (Å²) in [7, 11) is 3.52. The van der Waals surface area contributed by atoms with Gasteiger partial charge in [-0.25, -0.2) is 4.99 Å². The summed E-state index contributed by atoms with van der Waals surface area (Å²) in [6.45, 7) is 8.73. The summed E-state index contributed by atoms with van der Waals surface area (Å²) in [6.07, 6.45) is 6.52. The number of piperazine rings is 1. The molecule has 8 nitrogen and oxygen atoms in total. The summed E-state index contributed by atoms with van der Waals surface area (Å²) in [5.74, 6) is 1.61. The highest BCUT2D eigenvalue weighted by Crippen LogP contribution is 2.22. The van der Waals surface area contributed by atoms with E-state index in [1.54, 1.807) is 19.0 Å². The van der Waals surface area contributed by atoms with Gasteiger partial charge >= 0.3 is 0 Å². The number of aliphatic imine (C=N–C) groups is 1. The van der Waals surface area contributed by atoms with Gasteiger partial charge < -0.3 is 20.4 Å². The zero-order valence-corrected chi connectivity index (χ0v) is 18.7. The maximum Gasteiger partial charge on any atom is 0.243 e. The summed E-state index contributed by atoms with van der Waals surface area (Å²) in [6, 6.07) is 0.167. The second-order valence-corrected chi connectivity index (χ2v) is 8.80. The van der Waals surface area contributed by atoms with Gasteiger partial charge in [-0.2, -0.15) is 0 Å². The minimum Gasteiger partial charge on any atom is -0.356 e. The lowest BCUT2D eigenvalue weighted by molar-refractivity contribution is -0.127. The lowest BCUT2D eigenvalue weighted by Gasteiger charge is -2.37. The van der Waals surface area contributed by atoms with Crippen LogP contribution in [0, 0.1) is 5.92 Å². The maximum atomic E-state index is 12.0. The number of likely N-dealkylation sites (N-methyl/N-ethyl adjacent to an activating group) is 1. The quantitative estimate of drug-likeness (QED) is 0.480. The lowest BCUT2D eigenvalue weighted by Crippen LogP contribution is -2.54. The van der Waals surface area contributed by atoms with Crippen molar-refractivity contribution in [3.8, 4) is 0 Å². The largest absolute Gasteiger partial charge is 0.356 e.